The van der Waals surface area contributed by atoms with E-state index in [1.54, 1.807) is 13.2 Å². The molecule has 17 heavy (non-hydrogen) atoms. The fourth-order valence-electron chi connectivity index (χ4n) is 1.77. The summed E-state index contributed by atoms with van der Waals surface area (Å²) in [4.78, 5) is 2.13. The van der Waals surface area contributed by atoms with Crippen molar-refractivity contribution in [3.8, 4) is 11.5 Å². The van der Waals surface area contributed by atoms with E-state index in [0.717, 1.165) is 12.1 Å². The number of rotatable bonds is 6. The smallest absolute Gasteiger partial charge is 0.162 e. The lowest BCUT2D eigenvalue weighted by Gasteiger charge is -2.19. The molecule has 1 aromatic carbocycles. The molecule has 1 atom stereocenters. The van der Waals surface area contributed by atoms with Gasteiger partial charge in [-0.25, -0.2) is 0 Å². The predicted molar refractivity (Wildman–Crippen MR) is 69.5 cm³/mol. The van der Waals surface area contributed by atoms with Crippen LogP contribution in [0.15, 0.2) is 18.2 Å². The number of benzene rings is 1. The predicted octanol–water partition coefficient (Wildman–Crippen LogP) is 1.44. The van der Waals surface area contributed by atoms with Gasteiger partial charge >= 0.3 is 0 Å². The van der Waals surface area contributed by atoms with Crippen LogP contribution in [0.2, 0.25) is 0 Å². The van der Waals surface area contributed by atoms with Gasteiger partial charge in [-0.2, -0.15) is 0 Å². The Morgan fingerprint density at radius 1 is 1.41 bits per heavy atom. The van der Waals surface area contributed by atoms with Crippen molar-refractivity contribution in [2.75, 3.05) is 27.7 Å². The molecule has 1 rings (SSSR count). The largest absolute Gasteiger partial charge is 0.504 e. The van der Waals surface area contributed by atoms with Crippen LogP contribution >= 0.6 is 0 Å². The average molecular weight is 238 g/mol. The Kier molecular flexibility index (Phi) is 5.25. The molecule has 96 valence electrons. The van der Waals surface area contributed by atoms with Crippen molar-refractivity contribution in [3.63, 3.8) is 0 Å². The van der Waals surface area contributed by atoms with Crippen molar-refractivity contribution in [2.24, 2.45) is 0 Å². The van der Waals surface area contributed by atoms with Crippen molar-refractivity contribution in [2.45, 2.75) is 19.5 Å². The van der Waals surface area contributed by atoms with Gasteiger partial charge in [-0.15, -0.1) is 0 Å². The minimum Gasteiger partial charge on any atom is -0.504 e. The second-order valence-corrected chi connectivity index (χ2v) is 4.51. The van der Waals surface area contributed by atoms with Crippen molar-refractivity contribution in [3.05, 3.63) is 23.8 Å². The van der Waals surface area contributed by atoms with Gasteiger partial charge in [0.05, 0.1) is 7.11 Å². The molecule has 0 aliphatic rings. The first-order valence-corrected chi connectivity index (χ1v) is 5.77. The number of methoxy groups -OCH3 is 1. The highest BCUT2D eigenvalue weighted by atomic mass is 16.5. The van der Waals surface area contributed by atoms with Crippen LogP contribution in [0.1, 0.15) is 12.5 Å². The maximum absolute atomic E-state index is 9.91. The molecule has 0 saturated heterocycles. The molecule has 0 aromatic heterocycles. The Bertz CT molecular complexity index is 353. The first-order chi connectivity index (χ1) is 8.04. The third kappa shape index (κ3) is 4.24. The van der Waals surface area contributed by atoms with Crippen LogP contribution in [0.5, 0.6) is 11.5 Å². The maximum atomic E-state index is 9.91. The van der Waals surface area contributed by atoms with E-state index in [9.17, 15) is 5.11 Å². The Morgan fingerprint density at radius 3 is 2.71 bits per heavy atom. The number of aromatic hydroxyl groups is 1. The second kappa shape index (κ2) is 6.47. The molecule has 4 heteroatoms. The lowest BCUT2D eigenvalue weighted by molar-refractivity contribution is 0.344. The summed E-state index contributed by atoms with van der Waals surface area (Å²) in [5, 5.41) is 13.3. The average Bonchev–Trinajstić information content (AvgIpc) is 2.27. The maximum Gasteiger partial charge on any atom is 0.162 e. The molecule has 0 amide bonds. The fourth-order valence-corrected chi connectivity index (χ4v) is 1.77. The van der Waals surface area contributed by atoms with Crippen LogP contribution in [-0.4, -0.2) is 43.8 Å². The van der Waals surface area contributed by atoms with E-state index >= 15 is 0 Å². The Morgan fingerprint density at radius 2 is 2.12 bits per heavy atom. The zero-order valence-corrected chi connectivity index (χ0v) is 11.0. The molecular formula is C13H22N2O2. The lowest BCUT2D eigenvalue weighted by atomic mass is 10.1. The van der Waals surface area contributed by atoms with Gasteiger partial charge in [0.2, 0.25) is 0 Å². The van der Waals surface area contributed by atoms with E-state index in [1.807, 2.05) is 26.2 Å². The van der Waals surface area contributed by atoms with Gasteiger partial charge < -0.3 is 20.1 Å². The summed E-state index contributed by atoms with van der Waals surface area (Å²) < 4.78 is 5.07. The molecule has 0 spiro atoms. The molecule has 2 N–H and O–H groups in total. The van der Waals surface area contributed by atoms with Crippen LogP contribution in [0.3, 0.4) is 0 Å². The standard InChI is InChI=1S/C13H22N2O2/c1-10(9-15(2)3)14-8-11-6-5-7-12(17-4)13(11)16/h5-7,10,14,16H,8-9H2,1-4H3. The van der Waals surface area contributed by atoms with Crippen LogP contribution in [0, 0.1) is 0 Å². The number of nitrogens with zero attached hydrogens (tertiary/aromatic N) is 1. The first kappa shape index (κ1) is 13.8. The zero-order chi connectivity index (χ0) is 12.8. The van der Waals surface area contributed by atoms with Crippen molar-refractivity contribution >= 4 is 0 Å². The number of likely N-dealkylation sites (N-methyl/N-ethyl adjacent to an activating group) is 1. The Hall–Kier alpha value is -1.26. The summed E-state index contributed by atoms with van der Waals surface area (Å²) >= 11 is 0. The van der Waals surface area contributed by atoms with E-state index in [4.69, 9.17) is 4.74 Å². The second-order valence-electron chi connectivity index (χ2n) is 4.51. The lowest BCUT2D eigenvalue weighted by Crippen LogP contribution is -2.35. The summed E-state index contributed by atoms with van der Waals surface area (Å²) in [5.41, 5.74) is 0.856. The van der Waals surface area contributed by atoms with Crippen LogP contribution in [0.25, 0.3) is 0 Å². The molecule has 1 unspecified atom stereocenters. The molecule has 0 radical (unpaired) electrons. The van der Waals surface area contributed by atoms with E-state index in [0.29, 0.717) is 18.3 Å². The third-order valence-corrected chi connectivity index (χ3v) is 2.58. The van der Waals surface area contributed by atoms with E-state index < -0.39 is 0 Å². The van der Waals surface area contributed by atoms with Gasteiger partial charge in [0.1, 0.15) is 0 Å². The Balaban J connectivity index is 2.57. The number of phenols is 1. The van der Waals surface area contributed by atoms with Gasteiger partial charge in [0.15, 0.2) is 11.5 Å². The monoisotopic (exact) mass is 238 g/mol. The fraction of sp³-hybridized carbons (Fsp3) is 0.538. The molecule has 4 nitrogen and oxygen atoms in total. The molecule has 0 fully saturated rings. The number of para-hydroxylation sites is 1. The number of phenolic OH excluding ortho intramolecular Hbond substituents is 1. The molecule has 0 heterocycles. The summed E-state index contributed by atoms with van der Waals surface area (Å²) in [7, 11) is 5.64. The van der Waals surface area contributed by atoms with Crippen LogP contribution < -0.4 is 10.1 Å². The number of ether oxygens (including phenoxy) is 1. The zero-order valence-electron chi connectivity index (χ0n) is 11.0. The summed E-state index contributed by atoms with van der Waals surface area (Å²) in [5.74, 6) is 0.740. The van der Waals surface area contributed by atoms with Crippen LogP contribution in [-0.2, 0) is 6.54 Å². The molecular weight excluding hydrogens is 216 g/mol. The quantitative estimate of drug-likeness (QED) is 0.787. The van der Waals surface area contributed by atoms with Gasteiger partial charge in [-0.05, 0) is 27.1 Å². The third-order valence-electron chi connectivity index (χ3n) is 2.58. The minimum atomic E-state index is 0.222. The van der Waals surface area contributed by atoms with E-state index in [1.165, 1.54) is 0 Å². The van der Waals surface area contributed by atoms with Crippen molar-refractivity contribution in [1.29, 1.82) is 0 Å². The van der Waals surface area contributed by atoms with Gasteiger partial charge in [-0.1, -0.05) is 12.1 Å². The number of hydrogen-bond donors (Lipinski definition) is 2. The molecule has 0 saturated carbocycles. The Labute approximate surface area is 103 Å². The van der Waals surface area contributed by atoms with E-state index in [-0.39, 0.29) is 5.75 Å². The highest BCUT2D eigenvalue weighted by Gasteiger charge is 2.08. The number of hydrogen-bond acceptors (Lipinski definition) is 4. The van der Waals surface area contributed by atoms with E-state index in [2.05, 4.69) is 17.1 Å². The molecule has 0 aliphatic heterocycles. The first-order valence-electron chi connectivity index (χ1n) is 5.77. The SMILES string of the molecule is COc1cccc(CNC(C)CN(C)C)c1O. The molecule has 0 aliphatic carbocycles. The summed E-state index contributed by atoms with van der Waals surface area (Å²) in [6, 6.07) is 5.90. The minimum absolute atomic E-state index is 0.222. The number of nitrogens with one attached hydrogen (secondary N) is 1. The van der Waals surface area contributed by atoms with Crippen LogP contribution in [0.4, 0.5) is 0 Å². The summed E-state index contributed by atoms with van der Waals surface area (Å²) in [6.45, 7) is 3.72. The molecule has 1 aromatic rings. The van der Waals surface area contributed by atoms with Gasteiger partial charge in [-0.3, -0.25) is 0 Å². The van der Waals surface area contributed by atoms with Gasteiger partial charge in [0.25, 0.3) is 0 Å². The highest BCUT2D eigenvalue weighted by molar-refractivity contribution is 5.45. The molecule has 0 bridgehead atoms. The topological polar surface area (TPSA) is 44.7 Å². The van der Waals surface area contributed by atoms with Crippen molar-refractivity contribution < 1.29 is 9.84 Å². The van der Waals surface area contributed by atoms with Gasteiger partial charge in [0, 0.05) is 24.7 Å². The highest BCUT2D eigenvalue weighted by Crippen LogP contribution is 2.29. The van der Waals surface area contributed by atoms with Crippen molar-refractivity contribution in [1.82, 2.24) is 10.2 Å². The summed E-state index contributed by atoms with van der Waals surface area (Å²) in [6.07, 6.45) is 0. The normalized spacial score (nSPS) is 12.8.